The van der Waals surface area contributed by atoms with Crippen molar-refractivity contribution in [2.45, 2.75) is 33.1 Å². The third-order valence-corrected chi connectivity index (χ3v) is 2.95. The Kier molecular flexibility index (Phi) is 5.62. The highest BCUT2D eigenvalue weighted by atomic mass is 16.1. The van der Waals surface area contributed by atoms with Crippen LogP contribution in [-0.2, 0) is 11.2 Å². The highest BCUT2D eigenvalue weighted by Gasteiger charge is 2.06. The van der Waals surface area contributed by atoms with E-state index in [1.807, 2.05) is 30.3 Å². The SMILES string of the molecule is CCC(CC)CNC(=O)Cc1ccccc1. The topological polar surface area (TPSA) is 29.1 Å². The average Bonchev–Trinajstić information content (AvgIpc) is 2.31. The normalized spacial score (nSPS) is 10.4. The first kappa shape index (κ1) is 12.8. The number of hydrogen-bond donors (Lipinski definition) is 1. The third kappa shape index (κ3) is 4.47. The number of hydrogen-bond acceptors (Lipinski definition) is 1. The van der Waals surface area contributed by atoms with Crippen molar-refractivity contribution in [1.82, 2.24) is 5.32 Å². The van der Waals surface area contributed by atoms with Gasteiger partial charge < -0.3 is 5.32 Å². The lowest BCUT2D eigenvalue weighted by molar-refractivity contribution is -0.120. The van der Waals surface area contributed by atoms with E-state index < -0.39 is 0 Å². The van der Waals surface area contributed by atoms with Crippen LogP contribution in [-0.4, -0.2) is 12.5 Å². The Bertz CT molecular complexity index is 304. The summed E-state index contributed by atoms with van der Waals surface area (Å²) < 4.78 is 0. The van der Waals surface area contributed by atoms with Gasteiger partial charge >= 0.3 is 0 Å². The second-order valence-electron chi connectivity index (χ2n) is 4.15. The van der Waals surface area contributed by atoms with Crippen molar-refractivity contribution < 1.29 is 4.79 Å². The first-order valence-electron chi connectivity index (χ1n) is 6.06. The van der Waals surface area contributed by atoms with Crippen molar-refractivity contribution in [2.75, 3.05) is 6.54 Å². The molecule has 1 aromatic carbocycles. The van der Waals surface area contributed by atoms with Gasteiger partial charge in [0, 0.05) is 6.54 Å². The van der Waals surface area contributed by atoms with Crippen molar-refractivity contribution in [1.29, 1.82) is 0 Å². The molecule has 0 saturated heterocycles. The Balaban J connectivity index is 2.31. The lowest BCUT2D eigenvalue weighted by Crippen LogP contribution is -2.30. The van der Waals surface area contributed by atoms with Crippen LogP contribution in [0.25, 0.3) is 0 Å². The Hall–Kier alpha value is -1.31. The number of benzene rings is 1. The van der Waals surface area contributed by atoms with Gasteiger partial charge in [0.2, 0.25) is 5.91 Å². The smallest absolute Gasteiger partial charge is 0.224 e. The van der Waals surface area contributed by atoms with Crippen molar-refractivity contribution >= 4 is 5.91 Å². The summed E-state index contributed by atoms with van der Waals surface area (Å²) in [6.07, 6.45) is 2.74. The van der Waals surface area contributed by atoms with Gasteiger partial charge in [-0.1, -0.05) is 57.0 Å². The van der Waals surface area contributed by atoms with E-state index in [0.29, 0.717) is 12.3 Å². The molecule has 0 heterocycles. The summed E-state index contributed by atoms with van der Waals surface area (Å²) in [5.74, 6) is 0.734. The Morgan fingerprint density at radius 3 is 2.38 bits per heavy atom. The Morgan fingerprint density at radius 2 is 1.81 bits per heavy atom. The molecule has 0 radical (unpaired) electrons. The van der Waals surface area contributed by atoms with Crippen LogP contribution in [0.4, 0.5) is 0 Å². The molecule has 1 amide bonds. The molecule has 0 aliphatic carbocycles. The summed E-state index contributed by atoms with van der Waals surface area (Å²) in [5.41, 5.74) is 1.07. The van der Waals surface area contributed by atoms with E-state index in [2.05, 4.69) is 19.2 Å². The van der Waals surface area contributed by atoms with E-state index in [1.54, 1.807) is 0 Å². The van der Waals surface area contributed by atoms with Gasteiger partial charge in [0.05, 0.1) is 6.42 Å². The van der Waals surface area contributed by atoms with Crippen LogP contribution in [0.3, 0.4) is 0 Å². The Morgan fingerprint density at radius 1 is 1.19 bits per heavy atom. The summed E-state index contributed by atoms with van der Waals surface area (Å²) in [7, 11) is 0. The quantitative estimate of drug-likeness (QED) is 0.783. The zero-order valence-electron chi connectivity index (χ0n) is 10.2. The molecular formula is C14H21NO. The number of rotatable bonds is 6. The molecule has 0 fully saturated rings. The minimum absolute atomic E-state index is 0.123. The molecule has 0 atom stereocenters. The highest BCUT2D eigenvalue weighted by Crippen LogP contribution is 2.05. The Labute approximate surface area is 98.1 Å². The minimum atomic E-state index is 0.123. The molecule has 2 heteroatoms. The fourth-order valence-corrected chi connectivity index (χ4v) is 1.68. The van der Waals surface area contributed by atoms with E-state index >= 15 is 0 Å². The third-order valence-electron chi connectivity index (χ3n) is 2.95. The van der Waals surface area contributed by atoms with E-state index in [4.69, 9.17) is 0 Å². The van der Waals surface area contributed by atoms with E-state index in [0.717, 1.165) is 24.9 Å². The van der Waals surface area contributed by atoms with Crippen LogP contribution in [0.2, 0.25) is 0 Å². The summed E-state index contributed by atoms with van der Waals surface area (Å²) in [6.45, 7) is 5.13. The van der Waals surface area contributed by atoms with Gasteiger partial charge in [0.15, 0.2) is 0 Å². The zero-order valence-corrected chi connectivity index (χ0v) is 10.2. The molecule has 2 nitrogen and oxygen atoms in total. The van der Waals surface area contributed by atoms with Gasteiger partial charge in [-0.2, -0.15) is 0 Å². The molecule has 1 rings (SSSR count). The van der Waals surface area contributed by atoms with E-state index in [1.165, 1.54) is 0 Å². The summed E-state index contributed by atoms with van der Waals surface area (Å²) >= 11 is 0. The molecule has 0 spiro atoms. The van der Waals surface area contributed by atoms with Gasteiger partial charge in [-0.15, -0.1) is 0 Å². The van der Waals surface area contributed by atoms with Crippen molar-refractivity contribution in [3.8, 4) is 0 Å². The molecule has 88 valence electrons. The van der Waals surface area contributed by atoms with Gasteiger partial charge in [-0.05, 0) is 11.5 Å². The molecule has 0 saturated carbocycles. The number of amides is 1. The number of carbonyl (C=O) groups is 1. The van der Waals surface area contributed by atoms with Crippen molar-refractivity contribution in [2.24, 2.45) is 5.92 Å². The molecule has 1 N–H and O–H groups in total. The molecule has 0 aliphatic rings. The van der Waals surface area contributed by atoms with Crippen LogP contribution < -0.4 is 5.32 Å². The summed E-state index contributed by atoms with van der Waals surface area (Å²) in [5, 5.41) is 2.99. The van der Waals surface area contributed by atoms with Crippen LogP contribution in [0.15, 0.2) is 30.3 Å². The maximum atomic E-state index is 11.6. The number of carbonyl (C=O) groups excluding carboxylic acids is 1. The first-order valence-corrected chi connectivity index (χ1v) is 6.06. The molecule has 0 aromatic heterocycles. The van der Waals surface area contributed by atoms with E-state index in [-0.39, 0.29) is 5.91 Å². The predicted octanol–water partition coefficient (Wildman–Crippen LogP) is 2.78. The lowest BCUT2D eigenvalue weighted by atomic mass is 10.0. The molecule has 0 bridgehead atoms. The fourth-order valence-electron chi connectivity index (χ4n) is 1.68. The average molecular weight is 219 g/mol. The fraction of sp³-hybridized carbons (Fsp3) is 0.500. The van der Waals surface area contributed by atoms with Crippen molar-refractivity contribution in [3.63, 3.8) is 0 Å². The van der Waals surface area contributed by atoms with Crippen LogP contribution >= 0.6 is 0 Å². The summed E-state index contributed by atoms with van der Waals surface area (Å²) in [6, 6.07) is 9.85. The lowest BCUT2D eigenvalue weighted by Gasteiger charge is -2.13. The molecule has 16 heavy (non-hydrogen) atoms. The van der Waals surface area contributed by atoms with Gasteiger partial charge in [-0.3, -0.25) is 4.79 Å². The number of nitrogens with one attached hydrogen (secondary N) is 1. The molecule has 0 unspecified atom stereocenters. The minimum Gasteiger partial charge on any atom is -0.356 e. The van der Waals surface area contributed by atoms with Crippen LogP contribution in [0.5, 0.6) is 0 Å². The standard InChI is InChI=1S/C14H21NO/c1-3-12(4-2)11-15-14(16)10-13-8-6-5-7-9-13/h5-9,12H,3-4,10-11H2,1-2H3,(H,15,16). The van der Waals surface area contributed by atoms with Gasteiger partial charge in [0.25, 0.3) is 0 Å². The summed E-state index contributed by atoms with van der Waals surface area (Å²) in [4.78, 5) is 11.6. The maximum absolute atomic E-state index is 11.6. The van der Waals surface area contributed by atoms with Crippen LogP contribution in [0, 0.1) is 5.92 Å². The molecule has 0 aliphatic heterocycles. The second-order valence-corrected chi connectivity index (χ2v) is 4.15. The van der Waals surface area contributed by atoms with Gasteiger partial charge in [0.1, 0.15) is 0 Å². The highest BCUT2D eigenvalue weighted by molar-refractivity contribution is 5.78. The first-order chi connectivity index (χ1) is 7.76. The van der Waals surface area contributed by atoms with Crippen LogP contribution in [0.1, 0.15) is 32.3 Å². The van der Waals surface area contributed by atoms with Gasteiger partial charge in [-0.25, -0.2) is 0 Å². The molecule has 1 aromatic rings. The monoisotopic (exact) mass is 219 g/mol. The van der Waals surface area contributed by atoms with Crippen molar-refractivity contribution in [3.05, 3.63) is 35.9 Å². The molecular weight excluding hydrogens is 198 g/mol. The maximum Gasteiger partial charge on any atom is 0.224 e. The largest absolute Gasteiger partial charge is 0.356 e. The predicted molar refractivity (Wildman–Crippen MR) is 67.2 cm³/mol. The van der Waals surface area contributed by atoms with E-state index in [9.17, 15) is 4.79 Å². The second kappa shape index (κ2) is 7.04. The zero-order chi connectivity index (χ0) is 11.8.